The molecular weight excluding hydrogens is 388 g/mol. The summed E-state index contributed by atoms with van der Waals surface area (Å²) in [4.78, 5) is 35.3. The lowest BCUT2D eigenvalue weighted by molar-refractivity contribution is -0.146. The van der Waals surface area contributed by atoms with Gasteiger partial charge in [0.05, 0.1) is 17.1 Å². The number of hydrogen-bond acceptors (Lipinski definition) is 3. The number of hydrogen-bond donors (Lipinski definition) is 1. The van der Waals surface area contributed by atoms with Gasteiger partial charge in [0.25, 0.3) is 0 Å². The molecule has 1 aliphatic rings. The van der Waals surface area contributed by atoms with Gasteiger partial charge in [-0.15, -0.1) is 0 Å². The zero-order valence-corrected chi connectivity index (χ0v) is 17.2. The molecule has 1 amide bonds. The maximum absolute atomic E-state index is 13.0. The Morgan fingerprint density at radius 3 is 2.55 bits per heavy atom. The summed E-state index contributed by atoms with van der Waals surface area (Å²) in [6.45, 7) is 0.647. The van der Waals surface area contributed by atoms with Crippen LogP contribution < -0.4 is 0 Å². The summed E-state index contributed by atoms with van der Waals surface area (Å²) >= 11 is 0. The van der Waals surface area contributed by atoms with E-state index in [1.54, 1.807) is 4.90 Å². The SMILES string of the molecule is O=C(Cc1ccccc1-n1cccc1)[C@@H]1CCN1C(=O)CCc1nc2ccccc2[nH]1. The van der Waals surface area contributed by atoms with Crippen LogP contribution in [0.4, 0.5) is 0 Å². The summed E-state index contributed by atoms with van der Waals surface area (Å²) in [6.07, 6.45) is 5.90. The number of amides is 1. The van der Waals surface area contributed by atoms with E-state index in [4.69, 9.17) is 0 Å². The molecular formula is C25H24N4O2. The third-order valence-corrected chi connectivity index (χ3v) is 5.96. The Bertz CT molecular complexity index is 1190. The summed E-state index contributed by atoms with van der Waals surface area (Å²) < 4.78 is 2.01. The van der Waals surface area contributed by atoms with Crippen molar-refractivity contribution in [1.29, 1.82) is 0 Å². The van der Waals surface area contributed by atoms with Crippen LogP contribution in [-0.4, -0.2) is 43.7 Å². The summed E-state index contributed by atoms with van der Waals surface area (Å²) in [6, 6.07) is 19.4. The van der Waals surface area contributed by atoms with Crippen LogP contribution in [0.1, 0.15) is 24.2 Å². The minimum atomic E-state index is -0.319. The molecule has 1 atom stereocenters. The number of imidazole rings is 1. The van der Waals surface area contributed by atoms with Crippen LogP contribution in [0.25, 0.3) is 16.7 Å². The first-order valence-electron chi connectivity index (χ1n) is 10.7. The van der Waals surface area contributed by atoms with E-state index in [0.29, 0.717) is 25.8 Å². The molecule has 0 radical (unpaired) electrons. The third-order valence-electron chi connectivity index (χ3n) is 5.96. The second-order valence-corrected chi connectivity index (χ2v) is 7.95. The van der Waals surface area contributed by atoms with Gasteiger partial charge in [-0.3, -0.25) is 9.59 Å². The first-order valence-corrected chi connectivity index (χ1v) is 10.7. The smallest absolute Gasteiger partial charge is 0.223 e. The molecule has 1 fully saturated rings. The highest BCUT2D eigenvalue weighted by Crippen LogP contribution is 2.24. The molecule has 0 aliphatic carbocycles. The predicted octanol–water partition coefficient (Wildman–Crippen LogP) is 3.70. The molecule has 1 aliphatic heterocycles. The van der Waals surface area contributed by atoms with Gasteiger partial charge in [0.1, 0.15) is 5.82 Å². The van der Waals surface area contributed by atoms with E-state index >= 15 is 0 Å². The Balaban J connectivity index is 1.22. The fraction of sp³-hybridized carbons (Fsp3) is 0.240. The van der Waals surface area contributed by atoms with Gasteiger partial charge in [-0.05, 0) is 42.3 Å². The maximum atomic E-state index is 13.0. The average molecular weight is 412 g/mol. The van der Waals surface area contributed by atoms with Crippen molar-refractivity contribution < 1.29 is 9.59 Å². The number of carbonyl (C=O) groups is 2. The fourth-order valence-corrected chi connectivity index (χ4v) is 4.23. The van der Waals surface area contributed by atoms with Crippen molar-refractivity contribution in [3.05, 3.63) is 84.4 Å². The molecule has 31 heavy (non-hydrogen) atoms. The number of H-pyrrole nitrogens is 1. The average Bonchev–Trinajstić information content (AvgIpc) is 3.41. The molecule has 4 aromatic rings. The van der Waals surface area contributed by atoms with Gasteiger partial charge in [-0.1, -0.05) is 30.3 Å². The van der Waals surface area contributed by atoms with Crippen molar-refractivity contribution in [3.8, 4) is 5.69 Å². The van der Waals surface area contributed by atoms with E-state index in [-0.39, 0.29) is 17.7 Å². The molecule has 2 aromatic carbocycles. The van der Waals surface area contributed by atoms with Crippen molar-refractivity contribution in [3.63, 3.8) is 0 Å². The number of carbonyl (C=O) groups excluding carboxylic acids is 2. The number of fused-ring (bicyclic) bond motifs is 1. The zero-order chi connectivity index (χ0) is 21.2. The first-order chi connectivity index (χ1) is 15.2. The summed E-state index contributed by atoms with van der Waals surface area (Å²) in [5, 5.41) is 0. The van der Waals surface area contributed by atoms with Crippen LogP contribution in [-0.2, 0) is 22.4 Å². The highest BCUT2D eigenvalue weighted by Gasteiger charge is 2.37. The molecule has 6 heteroatoms. The lowest BCUT2D eigenvalue weighted by atomic mass is 9.93. The summed E-state index contributed by atoms with van der Waals surface area (Å²) in [5.41, 5.74) is 3.86. The molecule has 156 valence electrons. The molecule has 1 N–H and O–H groups in total. The van der Waals surface area contributed by atoms with Crippen LogP contribution in [0.2, 0.25) is 0 Å². The number of Topliss-reactive ketones (excluding diaryl/α,β-unsaturated/α-hetero) is 1. The van der Waals surface area contributed by atoms with Gasteiger partial charge in [0.15, 0.2) is 5.78 Å². The summed E-state index contributed by atoms with van der Waals surface area (Å²) in [7, 11) is 0. The quantitative estimate of drug-likeness (QED) is 0.503. The van der Waals surface area contributed by atoms with Crippen molar-refractivity contribution in [2.45, 2.75) is 31.7 Å². The normalized spacial score (nSPS) is 15.7. The highest BCUT2D eigenvalue weighted by molar-refractivity contribution is 5.92. The molecule has 5 rings (SSSR count). The number of likely N-dealkylation sites (tertiary alicyclic amines) is 1. The van der Waals surface area contributed by atoms with Gasteiger partial charge in [0.2, 0.25) is 5.91 Å². The van der Waals surface area contributed by atoms with Crippen molar-refractivity contribution in [2.75, 3.05) is 6.54 Å². The number of ketones is 1. The van der Waals surface area contributed by atoms with E-state index in [1.165, 1.54) is 0 Å². The van der Waals surface area contributed by atoms with Crippen LogP contribution >= 0.6 is 0 Å². The van der Waals surface area contributed by atoms with Crippen molar-refractivity contribution in [1.82, 2.24) is 19.4 Å². The topological polar surface area (TPSA) is 71.0 Å². The number of para-hydroxylation sites is 3. The zero-order valence-electron chi connectivity index (χ0n) is 17.2. The van der Waals surface area contributed by atoms with Crippen LogP contribution in [0.3, 0.4) is 0 Å². The summed E-state index contributed by atoms with van der Waals surface area (Å²) in [5.74, 6) is 0.922. The van der Waals surface area contributed by atoms with Crippen molar-refractivity contribution in [2.24, 2.45) is 0 Å². The van der Waals surface area contributed by atoms with Gasteiger partial charge in [-0.2, -0.15) is 0 Å². The molecule has 2 aromatic heterocycles. The molecule has 0 saturated carbocycles. The Kier molecular flexibility index (Phi) is 5.12. The molecule has 3 heterocycles. The number of nitrogens with zero attached hydrogens (tertiary/aromatic N) is 3. The number of aromatic amines is 1. The van der Waals surface area contributed by atoms with Crippen LogP contribution in [0, 0.1) is 0 Å². The molecule has 6 nitrogen and oxygen atoms in total. The maximum Gasteiger partial charge on any atom is 0.223 e. The van der Waals surface area contributed by atoms with Gasteiger partial charge in [0, 0.05) is 43.9 Å². The number of aromatic nitrogens is 3. The number of benzene rings is 2. The lowest BCUT2D eigenvalue weighted by Gasteiger charge is -2.40. The Morgan fingerprint density at radius 1 is 1.00 bits per heavy atom. The standard InChI is InChI=1S/C25H24N4O2/c30-23(17-18-7-1-4-10-21(18)28-14-5-6-15-28)22-13-16-29(22)25(31)12-11-24-26-19-8-2-3-9-20(19)27-24/h1-10,14-15,22H,11-13,16-17H2,(H,26,27)/t22-/m0/s1. The molecule has 0 bridgehead atoms. The van der Waals surface area contributed by atoms with Gasteiger partial charge >= 0.3 is 0 Å². The van der Waals surface area contributed by atoms with E-state index < -0.39 is 0 Å². The number of rotatable bonds is 7. The molecule has 0 spiro atoms. The largest absolute Gasteiger partial charge is 0.342 e. The minimum absolute atomic E-state index is 0.0174. The minimum Gasteiger partial charge on any atom is -0.342 e. The number of nitrogens with one attached hydrogen (secondary N) is 1. The Morgan fingerprint density at radius 2 is 1.77 bits per heavy atom. The third kappa shape index (κ3) is 3.89. The second-order valence-electron chi connectivity index (χ2n) is 7.95. The van der Waals surface area contributed by atoms with E-state index in [2.05, 4.69) is 9.97 Å². The van der Waals surface area contributed by atoms with Crippen LogP contribution in [0.5, 0.6) is 0 Å². The predicted molar refractivity (Wildman–Crippen MR) is 119 cm³/mol. The van der Waals surface area contributed by atoms with Crippen molar-refractivity contribution >= 4 is 22.7 Å². The van der Waals surface area contributed by atoms with E-state index in [1.807, 2.05) is 77.6 Å². The number of aryl methyl sites for hydroxylation is 1. The fourth-order valence-electron chi connectivity index (χ4n) is 4.23. The highest BCUT2D eigenvalue weighted by atomic mass is 16.2. The van der Waals surface area contributed by atoms with Crippen LogP contribution in [0.15, 0.2) is 73.1 Å². The second kappa shape index (κ2) is 8.22. The first kappa shape index (κ1) is 19.3. The lowest BCUT2D eigenvalue weighted by Crippen LogP contribution is -2.55. The Hall–Kier alpha value is -3.67. The molecule has 1 saturated heterocycles. The monoisotopic (exact) mass is 412 g/mol. The van der Waals surface area contributed by atoms with Gasteiger partial charge < -0.3 is 14.5 Å². The van der Waals surface area contributed by atoms with Gasteiger partial charge in [-0.25, -0.2) is 4.98 Å². The van der Waals surface area contributed by atoms with E-state index in [0.717, 1.165) is 34.5 Å². The van der Waals surface area contributed by atoms with E-state index in [9.17, 15) is 9.59 Å². The molecule has 0 unspecified atom stereocenters. The Labute approximate surface area is 180 Å².